The van der Waals surface area contributed by atoms with E-state index in [1.165, 1.54) is 4.31 Å². The Morgan fingerprint density at radius 2 is 1.96 bits per heavy atom. The molecule has 3 rings (SSSR count). The third kappa shape index (κ3) is 3.39. The van der Waals surface area contributed by atoms with Crippen LogP contribution < -0.4 is 0 Å². The molecule has 0 unspecified atom stereocenters. The molecule has 0 saturated carbocycles. The van der Waals surface area contributed by atoms with Crippen molar-refractivity contribution in [1.82, 2.24) is 9.29 Å². The van der Waals surface area contributed by atoms with Crippen LogP contribution in [0.2, 0.25) is 0 Å². The molecule has 24 heavy (non-hydrogen) atoms. The Hall–Kier alpha value is -1.28. The third-order valence-corrected chi connectivity index (χ3v) is 6.87. The first-order valence-electron chi connectivity index (χ1n) is 8.04. The maximum Gasteiger partial charge on any atom is 0.243 e. The molecule has 1 fully saturated rings. The van der Waals surface area contributed by atoms with Crippen molar-refractivity contribution in [3.05, 3.63) is 34.2 Å². The Balaban J connectivity index is 2.09. The molecule has 1 aromatic carbocycles. The first kappa shape index (κ1) is 17.5. The maximum absolute atomic E-state index is 13.2. The van der Waals surface area contributed by atoms with Gasteiger partial charge in [0.15, 0.2) is 0 Å². The van der Waals surface area contributed by atoms with Crippen LogP contribution in [-0.2, 0) is 14.8 Å². The molecule has 130 valence electrons. The Kier molecular flexibility index (Phi) is 5.05. The van der Waals surface area contributed by atoms with Gasteiger partial charge in [0.1, 0.15) is 0 Å². The van der Waals surface area contributed by atoms with Crippen LogP contribution in [0.5, 0.6) is 0 Å². The average Bonchev–Trinajstić information content (AvgIpc) is 3.01. The Morgan fingerprint density at radius 3 is 2.54 bits per heavy atom. The van der Waals surface area contributed by atoms with Crippen molar-refractivity contribution in [1.29, 1.82) is 0 Å². The lowest BCUT2D eigenvalue weighted by Gasteiger charge is -2.27. The molecule has 2 aromatic rings. The lowest BCUT2D eigenvalue weighted by atomic mass is 10.0. The van der Waals surface area contributed by atoms with E-state index in [2.05, 4.69) is 4.98 Å². The van der Waals surface area contributed by atoms with E-state index in [-0.39, 0.29) is 5.92 Å². The second-order valence-electron chi connectivity index (χ2n) is 6.18. The second kappa shape index (κ2) is 6.92. The number of ether oxygens (including phenoxy) is 1. The van der Waals surface area contributed by atoms with Gasteiger partial charge in [-0.3, -0.25) is 0 Å². The third-order valence-electron chi connectivity index (χ3n) is 4.14. The van der Waals surface area contributed by atoms with Crippen molar-refractivity contribution < 1.29 is 13.2 Å². The monoisotopic (exact) mass is 366 g/mol. The normalized spacial score (nSPS) is 16.7. The van der Waals surface area contributed by atoms with E-state index < -0.39 is 10.0 Å². The van der Waals surface area contributed by atoms with E-state index in [4.69, 9.17) is 4.74 Å². The number of hydrogen-bond donors (Lipinski definition) is 0. The van der Waals surface area contributed by atoms with Gasteiger partial charge in [0.2, 0.25) is 10.0 Å². The summed E-state index contributed by atoms with van der Waals surface area (Å²) in [6.45, 7) is 7.67. The van der Waals surface area contributed by atoms with Crippen LogP contribution in [0.4, 0.5) is 0 Å². The fraction of sp³-hybridized carbons (Fsp3) is 0.471. The van der Waals surface area contributed by atoms with Gasteiger partial charge in [0.05, 0.1) is 28.8 Å². The van der Waals surface area contributed by atoms with Crippen LogP contribution >= 0.6 is 11.3 Å². The highest BCUT2D eigenvalue weighted by Crippen LogP contribution is 2.32. The summed E-state index contributed by atoms with van der Waals surface area (Å²) < 4.78 is 33.1. The molecule has 0 atom stereocenters. The van der Waals surface area contributed by atoms with Gasteiger partial charge in [-0.15, -0.1) is 11.3 Å². The Bertz CT molecular complexity index is 822. The summed E-state index contributed by atoms with van der Waals surface area (Å²) in [5.41, 5.74) is 2.51. The summed E-state index contributed by atoms with van der Waals surface area (Å²) in [7, 11) is -3.53. The number of rotatable bonds is 4. The first-order valence-corrected chi connectivity index (χ1v) is 10.4. The highest BCUT2D eigenvalue weighted by Gasteiger charge is 2.29. The highest BCUT2D eigenvalue weighted by molar-refractivity contribution is 7.89. The van der Waals surface area contributed by atoms with Gasteiger partial charge in [0.25, 0.3) is 0 Å². The van der Waals surface area contributed by atoms with E-state index in [0.717, 1.165) is 21.8 Å². The quantitative estimate of drug-likeness (QED) is 0.833. The molecule has 0 aliphatic carbocycles. The largest absolute Gasteiger partial charge is 0.379 e. The predicted molar refractivity (Wildman–Crippen MR) is 96.0 cm³/mol. The van der Waals surface area contributed by atoms with Crippen LogP contribution in [-0.4, -0.2) is 44.0 Å². The molecule has 1 aromatic heterocycles. The zero-order chi connectivity index (χ0) is 17.3. The van der Waals surface area contributed by atoms with Gasteiger partial charge in [0, 0.05) is 24.0 Å². The number of morpholine rings is 1. The fourth-order valence-electron chi connectivity index (χ4n) is 2.82. The van der Waals surface area contributed by atoms with Crippen molar-refractivity contribution >= 4 is 21.4 Å². The van der Waals surface area contributed by atoms with Crippen molar-refractivity contribution in [3.63, 3.8) is 0 Å². The van der Waals surface area contributed by atoms with Crippen LogP contribution in [0.15, 0.2) is 28.5 Å². The summed E-state index contributed by atoms with van der Waals surface area (Å²) >= 11 is 1.56. The Morgan fingerprint density at radius 1 is 1.25 bits per heavy atom. The summed E-state index contributed by atoms with van der Waals surface area (Å²) in [4.78, 5) is 4.87. The zero-order valence-electron chi connectivity index (χ0n) is 14.2. The van der Waals surface area contributed by atoms with E-state index >= 15 is 0 Å². The molecule has 5 nitrogen and oxygen atoms in total. The number of aromatic nitrogens is 1. The number of thiazole rings is 1. The highest BCUT2D eigenvalue weighted by atomic mass is 32.2. The Labute approximate surface area is 147 Å². The first-order chi connectivity index (χ1) is 11.4. The molecular weight excluding hydrogens is 344 g/mol. The van der Waals surface area contributed by atoms with Crippen LogP contribution in [0.25, 0.3) is 11.3 Å². The van der Waals surface area contributed by atoms with Crippen molar-refractivity contribution in [3.8, 4) is 11.3 Å². The topological polar surface area (TPSA) is 59.5 Å². The summed E-state index contributed by atoms with van der Waals surface area (Å²) in [6.07, 6.45) is 0. The number of sulfonamides is 1. The van der Waals surface area contributed by atoms with E-state index in [0.29, 0.717) is 31.2 Å². The minimum atomic E-state index is -3.53. The molecule has 0 spiro atoms. The van der Waals surface area contributed by atoms with Gasteiger partial charge in [-0.05, 0) is 24.5 Å². The molecule has 0 N–H and O–H groups in total. The molecule has 0 radical (unpaired) electrons. The molecule has 0 amide bonds. The number of benzene rings is 1. The van der Waals surface area contributed by atoms with Gasteiger partial charge in [-0.25, -0.2) is 13.4 Å². The van der Waals surface area contributed by atoms with Crippen molar-refractivity contribution in [2.75, 3.05) is 26.3 Å². The average molecular weight is 367 g/mol. The predicted octanol–water partition coefficient (Wildman–Crippen LogP) is 3.26. The van der Waals surface area contributed by atoms with Gasteiger partial charge in [-0.2, -0.15) is 4.31 Å². The number of hydrogen-bond acceptors (Lipinski definition) is 5. The molecule has 0 bridgehead atoms. The van der Waals surface area contributed by atoms with Crippen LogP contribution in [0, 0.1) is 6.92 Å². The molecule has 7 heteroatoms. The zero-order valence-corrected chi connectivity index (χ0v) is 15.8. The number of aryl methyl sites for hydroxylation is 1. The molecular formula is C17H22N2O3S2. The molecule has 1 aliphatic heterocycles. The van der Waals surface area contributed by atoms with Gasteiger partial charge in [-0.1, -0.05) is 26.0 Å². The summed E-state index contributed by atoms with van der Waals surface area (Å²) in [6, 6.07) is 5.65. The van der Waals surface area contributed by atoms with Gasteiger partial charge < -0.3 is 4.74 Å². The second-order valence-corrected chi connectivity index (χ2v) is 9.14. The fourth-order valence-corrected chi connectivity index (χ4v) is 5.22. The molecule has 1 aliphatic rings. The van der Waals surface area contributed by atoms with Crippen LogP contribution in [0.1, 0.15) is 30.3 Å². The molecule has 1 saturated heterocycles. The summed E-state index contributed by atoms with van der Waals surface area (Å²) in [5, 5.41) is 2.93. The van der Waals surface area contributed by atoms with Crippen molar-refractivity contribution in [2.24, 2.45) is 0 Å². The van der Waals surface area contributed by atoms with Gasteiger partial charge >= 0.3 is 0 Å². The van der Waals surface area contributed by atoms with E-state index in [1.807, 2.05) is 38.3 Å². The summed E-state index contributed by atoms with van der Waals surface area (Å²) in [5.74, 6) is 0.127. The van der Waals surface area contributed by atoms with E-state index in [1.54, 1.807) is 17.4 Å². The maximum atomic E-state index is 13.2. The SMILES string of the molecule is Cc1nc(-c2ccc(C(C)C)c(S(=O)(=O)N3CCOCC3)c2)cs1. The number of nitrogens with zero attached hydrogens (tertiary/aromatic N) is 2. The minimum Gasteiger partial charge on any atom is -0.379 e. The minimum absolute atomic E-state index is 0.127. The van der Waals surface area contributed by atoms with E-state index in [9.17, 15) is 8.42 Å². The molecule has 2 heterocycles. The standard InChI is InChI=1S/C17H22N2O3S2/c1-12(2)15-5-4-14(16-11-23-13(3)18-16)10-17(15)24(20,21)19-6-8-22-9-7-19/h4-5,10-12H,6-9H2,1-3H3. The smallest absolute Gasteiger partial charge is 0.243 e. The van der Waals surface area contributed by atoms with Crippen molar-refractivity contribution in [2.45, 2.75) is 31.6 Å². The lowest BCUT2D eigenvalue weighted by Crippen LogP contribution is -2.41. The van der Waals surface area contributed by atoms with Crippen LogP contribution in [0.3, 0.4) is 0 Å². The lowest BCUT2D eigenvalue weighted by molar-refractivity contribution is 0.0730.